The summed E-state index contributed by atoms with van der Waals surface area (Å²) in [6.07, 6.45) is -0.0782. The van der Waals surface area contributed by atoms with E-state index in [-0.39, 0.29) is 30.1 Å². The van der Waals surface area contributed by atoms with Crippen LogP contribution in [0.2, 0.25) is 0 Å². The van der Waals surface area contributed by atoms with Crippen LogP contribution < -0.4 is 20.1 Å². The van der Waals surface area contributed by atoms with Crippen molar-refractivity contribution in [3.63, 3.8) is 0 Å². The van der Waals surface area contributed by atoms with Crippen molar-refractivity contribution >= 4 is 29.9 Å². The fraction of sp³-hybridized carbons (Fsp3) is 0.333. The Balaban J connectivity index is 0.00000289. The molecular formula is C24H30IN5O2. The number of rotatable bonds is 6. The molecule has 0 aliphatic carbocycles. The monoisotopic (exact) mass is 547 g/mol. The van der Waals surface area contributed by atoms with Crippen LogP contribution in [0.15, 0.2) is 59.6 Å². The Hall–Kier alpha value is -2.75. The van der Waals surface area contributed by atoms with Gasteiger partial charge in [0.15, 0.2) is 17.5 Å². The van der Waals surface area contributed by atoms with Crippen LogP contribution in [0.5, 0.6) is 11.5 Å². The summed E-state index contributed by atoms with van der Waals surface area (Å²) in [6.45, 7) is 6.68. The molecule has 1 atom stereocenters. The first-order valence-corrected chi connectivity index (χ1v) is 10.5. The summed E-state index contributed by atoms with van der Waals surface area (Å²) in [7, 11) is 1.77. The van der Waals surface area contributed by atoms with E-state index in [4.69, 9.17) is 14.6 Å². The second-order valence-electron chi connectivity index (χ2n) is 7.60. The summed E-state index contributed by atoms with van der Waals surface area (Å²) in [5.74, 6) is 2.29. The van der Waals surface area contributed by atoms with Crippen LogP contribution in [0.4, 0.5) is 0 Å². The highest BCUT2D eigenvalue weighted by Crippen LogP contribution is 2.30. The Kier molecular flexibility index (Phi) is 8.38. The first-order valence-electron chi connectivity index (χ1n) is 10.5. The third-order valence-corrected chi connectivity index (χ3v) is 5.43. The van der Waals surface area contributed by atoms with Crippen molar-refractivity contribution in [2.24, 2.45) is 4.99 Å². The fourth-order valence-corrected chi connectivity index (χ4v) is 3.67. The zero-order valence-electron chi connectivity index (χ0n) is 18.7. The Bertz CT molecular complexity index is 1050. The minimum Gasteiger partial charge on any atom is -0.486 e. The summed E-state index contributed by atoms with van der Waals surface area (Å²) in [4.78, 5) is 4.34. The molecule has 1 aliphatic rings. The first-order chi connectivity index (χ1) is 15.1. The van der Waals surface area contributed by atoms with Crippen molar-refractivity contribution < 1.29 is 9.47 Å². The van der Waals surface area contributed by atoms with Gasteiger partial charge in [0.25, 0.3) is 0 Å². The minimum absolute atomic E-state index is 0. The summed E-state index contributed by atoms with van der Waals surface area (Å²) in [5, 5.41) is 11.5. The number of nitrogens with zero attached hydrogens (tertiary/aromatic N) is 3. The van der Waals surface area contributed by atoms with Gasteiger partial charge in [-0.2, -0.15) is 5.10 Å². The number of fused-ring (bicyclic) bond motifs is 1. The van der Waals surface area contributed by atoms with Crippen molar-refractivity contribution in [3.8, 4) is 11.5 Å². The molecule has 1 aliphatic heterocycles. The first kappa shape index (κ1) is 23.9. The third-order valence-electron chi connectivity index (χ3n) is 5.43. The summed E-state index contributed by atoms with van der Waals surface area (Å²) >= 11 is 0. The lowest BCUT2D eigenvalue weighted by Crippen LogP contribution is -2.45. The standard InChI is InChI=1S/C24H29N5O2.HI/c1-17-21(18(2)29(28-17)15-19-9-5-4-6-10-19)14-27-24(25-3)26-13-20-16-30-22-11-7-8-12-23(22)31-20;/h4-12,20H,13-16H2,1-3H3,(H2,25,26,27);1H. The van der Waals surface area contributed by atoms with Crippen molar-refractivity contribution in [2.45, 2.75) is 33.0 Å². The summed E-state index contributed by atoms with van der Waals surface area (Å²) in [5.41, 5.74) is 4.60. The van der Waals surface area contributed by atoms with Crippen molar-refractivity contribution in [1.82, 2.24) is 20.4 Å². The van der Waals surface area contributed by atoms with Crippen LogP contribution >= 0.6 is 24.0 Å². The average Bonchev–Trinajstić information content (AvgIpc) is 3.06. The number of halogens is 1. The van der Waals surface area contributed by atoms with Crippen LogP contribution in [-0.4, -0.2) is 42.0 Å². The van der Waals surface area contributed by atoms with Gasteiger partial charge in [-0.1, -0.05) is 42.5 Å². The zero-order chi connectivity index (χ0) is 21.6. The van der Waals surface area contributed by atoms with E-state index in [2.05, 4.69) is 51.5 Å². The van der Waals surface area contributed by atoms with E-state index in [1.165, 1.54) is 11.1 Å². The lowest BCUT2D eigenvalue weighted by Gasteiger charge is -2.27. The topological polar surface area (TPSA) is 72.7 Å². The molecule has 2 aromatic carbocycles. The fourth-order valence-electron chi connectivity index (χ4n) is 3.67. The normalized spacial score (nSPS) is 15.1. The molecule has 0 saturated heterocycles. The summed E-state index contributed by atoms with van der Waals surface area (Å²) in [6, 6.07) is 18.1. The molecule has 0 fully saturated rings. The highest BCUT2D eigenvalue weighted by Gasteiger charge is 2.21. The van der Waals surface area contributed by atoms with Crippen LogP contribution in [0.25, 0.3) is 0 Å². The molecule has 8 heteroatoms. The molecule has 170 valence electrons. The van der Waals surface area contributed by atoms with E-state index < -0.39 is 0 Å². The highest BCUT2D eigenvalue weighted by atomic mass is 127. The maximum absolute atomic E-state index is 6.00. The van der Waals surface area contributed by atoms with Gasteiger partial charge in [-0.25, -0.2) is 0 Å². The molecule has 7 nitrogen and oxygen atoms in total. The largest absolute Gasteiger partial charge is 0.486 e. The van der Waals surface area contributed by atoms with Crippen molar-refractivity contribution in [1.29, 1.82) is 0 Å². The van der Waals surface area contributed by atoms with Gasteiger partial charge >= 0.3 is 0 Å². The predicted molar refractivity (Wildman–Crippen MR) is 137 cm³/mol. The van der Waals surface area contributed by atoms with Crippen LogP contribution in [0.1, 0.15) is 22.5 Å². The van der Waals surface area contributed by atoms with Gasteiger partial charge < -0.3 is 20.1 Å². The predicted octanol–water partition coefficient (Wildman–Crippen LogP) is 3.67. The van der Waals surface area contributed by atoms with Gasteiger partial charge in [0.1, 0.15) is 12.7 Å². The number of nitrogens with one attached hydrogen (secondary N) is 2. The SMILES string of the molecule is CN=C(NCc1c(C)nn(Cc2ccccc2)c1C)NCC1COc2ccccc2O1.I. The van der Waals surface area contributed by atoms with Gasteiger partial charge in [-0.05, 0) is 31.5 Å². The van der Waals surface area contributed by atoms with E-state index in [1.807, 2.05) is 37.3 Å². The molecule has 0 bridgehead atoms. The molecule has 0 saturated carbocycles. The van der Waals surface area contributed by atoms with E-state index in [1.54, 1.807) is 7.05 Å². The number of aliphatic imine (C=N–C) groups is 1. The molecule has 3 aromatic rings. The second-order valence-corrected chi connectivity index (χ2v) is 7.60. The minimum atomic E-state index is -0.0782. The van der Waals surface area contributed by atoms with Crippen LogP contribution in [-0.2, 0) is 13.1 Å². The van der Waals surface area contributed by atoms with E-state index in [9.17, 15) is 0 Å². The van der Waals surface area contributed by atoms with E-state index in [0.29, 0.717) is 19.7 Å². The smallest absolute Gasteiger partial charge is 0.191 e. The molecule has 2 heterocycles. The molecule has 0 amide bonds. The van der Waals surface area contributed by atoms with Crippen molar-refractivity contribution in [3.05, 3.63) is 77.1 Å². The van der Waals surface area contributed by atoms with E-state index in [0.717, 1.165) is 35.4 Å². The van der Waals surface area contributed by atoms with Crippen molar-refractivity contribution in [2.75, 3.05) is 20.2 Å². The maximum Gasteiger partial charge on any atom is 0.191 e. The molecular weight excluding hydrogens is 517 g/mol. The number of aryl methyl sites for hydroxylation is 1. The Labute approximate surface area is 206 Å². The number of benzene rings is 2. The third kappa shape index (κ3) is 5.73. The highest BCUT2D eigenvalue weighted by molar-refractivity contribution is 14.0. The number of guanidine groups is 1. The van der Waals surface area contributed by atoms with Gasteiger partial charge in [0, 0.05) is 24.8 Å². The second kappa shape index (κ2) is 11.2. The lowest BCUT2D eigenvalue weighted by molar-refractivity contribution is 0.0936. The molecule has 1 unspecified atom stereocenters. The van der Waals surface area contributed by atoms with Gasteiger partial charge in [0.05, 0.1) is 18.8 Å². The summed E-state index contributed by atoms with van der Waals surface area (Å²) < 4.78 is 13.8. The molecule has 2 N–H and O–H groups in total. The number of ether oxygens (including phenoxy) is 2. The number of para-hydroxylation sites is 2. The molecule has 4 rings (SSSR count). The van der Waals surface area contributed by atoms with Gasteiger partial charge in [-0.3, -0.25) is 9.67 Å². The van der Waals surface area contributed by atoms with Gasteiger partial charge in [-0.15, -0.1) is 24.0 Å². The van der Waals surface area contributed by atoms with E-state index >= 15 is 0 Å². The zero-order valence-corrected chi connectivity index (χ0v) is 21.0. The van der Waals surface area contributed by atoms with Crippen LogP contribution in [0, 0.1) is 13.8 Å². The number of hydrogen-bond acceptors (Lipinski definition) is 4. The van der Waals surface area contributed by atoms with Gasteiger partial charge in [0.2, 0.25) is 0 Å². The average molecular weight is 547 g/mol. The molecule has 0 spiro atoms. The number of aromatic nitrogens is 2. The number of hydrogen-bond donors (Lipinski definition) is 2. The Morgan fingerprint density at radius 3 is 2.53 bits per heavy atom. The molecule has 0 radical (unpaired) electrons. The Morgan fingerprint density at radius 2 is 1.78 bits per heavy atom. The molecule has 32 heavy (non-hydrogen) atoms. The molecule has 1 aromatic heterocycles. The maximum atomic E-state index is 6.00. The Morgan fingerprint density at radius 1 is 1.06 bits per heavy atom. The quantitative estimate of drug-likeness (QED) is 0.280. The lowest BCUT2D eigenvalue weighted by atomic mass is 10.2. The van der Waals surface area contributed by atoms with Crippen LogP contribution in [0.3, 0.4) is 0 Å².